The SMILES string of the molecule is CCCCN1/C(=C/C=CC=CC=CC2=[N+](CCCC)c3ccccc3C2(C)C)C(C)(C)c2ccccc21. The normalized spacial score (nSPS) is 19.2. The minimum atomic E-state index is 0.0138. The number of hydrogen-bond donors (Lipinski definition) is 0. The van der Waals surface area contributed by atoms with E-state index in [0.29, 0.717) is 0 Å². The lowest BCUT2D eigenvalue weighted by Crippen LogP contribution is -2.27. The first-order valence-electron chi connectivity index (χ1n) is 14.2. The topological polar surface area (TPSA) is 6.25 Å². The Morgan fingerprint density at radius 1 is 0.730 bits per heavy atom. The number of allylic oxidation sites excluding steroid dienone is 8. The van der Waals surface area contributed by atoms with E-state index in [2.05, 4.69) is 142 Å². The maximum Gasteiger partial charge on any atom is 0.209 e. The highest BCUT2D eigenvalue weighted by molar-refractivity contribution is 6.03. The van der Waals surface area contributed by atoms with Crippen molar-refractivity contribution in [1.82, 2.24) is 0 Å². The zero-order valence-electron chi connectivity index (χ0n) is 23.8. The van der Waals surface area contributed by atoms with Crippen molar-refractivity contribution in [2.45, 2.75) is 78.1 Å². The van der Waals surface area contributed by atoms with Gasteiger partial charge in [0.1, 0.15) is 6.54 Å². The van der Waals surface area contributed by atoms with Gasteiger partial charge in [0.15, 0.2) is 5.71 Å². The predicted molar refractivity (Wildman–Crippen MR) is 161 cm³/mol. The average Bonchev–Trinajstić information content (AvgIpc) is 3.24. The molecule has 0 saturated carbocycles. The van der Waals surface area contributed by atoms with Gasteiger partial charge in [-0.15, -0.1) is 0 Å². The highest BCUT2D eigenvalue weighted by Gasteiger charge is 2.43. The third kappa shape index (κ3) is 5.30. The van der Waals surface area contributed by atoms with Crippen LogP contribution in [0.1, 0.15) is 78.4 Å². The molecule has 0 spiro atoms. The molecule has 2 aromatic carbocycles. The van der Waals surface area contributed by atoms with Gasteiger partial charge in [-0.3, -0.25) is 0 Å². The molecule has 0 amide bonds. The summed E-state index contributed by atoms with van der Waals surface area (Å²) in [5.74, 6) is 0. The van der Waals surface area contributed by atoms with Crippen LogP contribution >= 0.6 is 0 Å². The van der Waals surface area contributed by atoms with Crippen LogP contribution in [0.15, 0.2) is 96.8 Å². The Morgan fingerprint density at radius 2 is 1.38 bits per heavy atom. The van der Waals surface area contributed by atoms with E-state index < -0.39 is 0 Å². The number of para-hydroxylation sites is 2. The maximum absolute atomic E-state index is 2.52. The Kier molecular flexibility index (Phi) is 8.37. The van der Waals surface area contributed by atoms with E-state index >= 15 is 0 Å². The quantitative estimate of drug-likeness (QED) is 0.236. The van der Waals surface area contributed by atoms with Crippen molar-refractivity contribution in [2.24, 2.45) is 0 Å². The molecule has 0 aliphatic carbocycles. The Labute approximate surface area is 225 Å². The Balaban J connectivity index is 1.51. The van der Waals surface area contributed by atoms with E-state index in [1.807, 2.05) is 0 Å². The zero-order chi connectivity index (χ0) is 26.5. The van der Waals surface area contributed by atoms with Crippen molar-refractivity contribution >= 4 is 17.1 Å². The fraction of sp³-hybridized carbons (Fsp3) is 0.400. The Morgan fingerprint density at radius 3 is 2.14 bits per heavy atom. The van der Waals surface area contributed by atoms with Crippen molar-refractivity contribution in [3.8, 4) is 0 Å². The van der Waals surface area contributed by atoms with E-state index in [-0.39, 0.29) is 10.8 Å². The van der Waals surface area contributed by atoms with Crippen LogP contribution in [-0.4, -0.2) is 23.4 Å². The fourth-order valence-electron chi connectivity index (χ4n) is 5.88. The number of rotatable bonds is 10. The molecule has 0 bridgehead atoms. The van der Waals surface area contributed by atoms with Crippen molar-refractivity contribution in [3.05, 3.63) is 108 Å². The number of fused-ring (bicyclic) bond motifs is 2. The molecular weight excluding hydrogens is 448 g/mol. The van der Waals surface area contributed by atoms with E-state index in [9.17, 15) is 0 Å². The molecule has 2 aliphatic heterocycles. The molecule has 0 radical (unpaired) electrons. The van der Waals surface area contributed by atoms with Crippen LogP contribution < -0.4 is 4.90 Å². The molecule has 2 aliphatic rings. The Hall–Kier alpha value is -3.13. The molecule has 0 unspecified atom stereocenters. The van der Waals surface area contributed by atoms with Crippen molar-refractivity contribution in [3.63, 3.8) is 0 Å². The summed E-state index contributed by atoms with van der Waals surface area (Å²) in [5.41, 5.74) is 8.38. The minimum absolute atomic E-state index is 0.0138. The smallest absolute Gasteiger partial charge is 0.209 e. The van der Waals surface area contributed by atoms with Crippen molar-refractivity contribution in [1.29, 1.82) is 0 Å². The fourth-order valence-corrected chi connectivity index (χ4v) is 5.88. The first-order valence-corrected chi connectivity index (χ1v) is 14.2. The van der Waals surface area contributed by atoms with Crippen LogP contribution in [0.2, 0.25) is 0 Å². The van der Waals surface area contributed by atoms with Gasteiger partial charge in [-0.05, 0) is 38.0 Å². The Bertz CT molecular complexity index is 1250. The van der Waals surface area contributed by atoms with Crippen LogP contribution in [-0.2, 0) is 10.8 Å². The summed E-state index contributed by atoms with van der Waals surface area (Å²) in [5, 5.41) is 0. The second-order valence-corrected chi connectivity index (χ2v) is 11.4. The van der Waals surface area contributed by atoms with Crippen LogP contribution in [0.5, 0.6) is 0 Å². The van der Waals surface area contributed by atoms with E-state index in [1.54, 1.807) is 0 Å². The highest BCUT2D eigenvalue weighted by atomic mass is 15.2. The average molecular weight is 494 g/mol. The molecule has 2 aromatic rings. The number of unbranched alkanes of at least 4 members (excludes halogenated alkanes) is 2. The van der Waals surface area contributed by atoms with E-state index in [0.717, 1.165) is 13.1 Å². The number of nitrogens with zero attached hydrogens (tertiary/aromatic N) is 2. The van der Waals surface area contributed by atoms with Gasteiger partial charge in [0.05, 0.1) is 5.41 Å². The molecule has 2 heterocycles. The lowest BCUT2D eigenvalue weighted by atomic mass is 9.81. The third-order valence-corrected chi connectivity index (χ3v) is 8.02. The molecule has 0 N–H and O–H groups in total. The molecule has 2 heteroatoms. The number of benzene rings is 2. The summed E-state index contributed by atoms with van der Waals surface area (Å²) >= 11 is 0. The van der Waals surface area contributed by atoms with E-state index in [1.165, 1.54) is 59.6 Å². The lowest BCUT2D eigenvalue weighted by Gasteiger charge is -2.27. The minimum Gasteiger partial charge on any atom is -0.344 e. The second-order valence-electron chi connectivity index (χ2n) is 11.4. The van der Waals surface area contributed by atoms with Gasteiger partial charge in [0.2, 0.25) is 5.69 Å². The monoisotopic (exact) mass is 493 g/mol. The first-order chi connectivity index (χ1) is 17.8. The van der Waals surface area contributed by atoms with Crippen LogP contribution in [0.3, 0.4) is 0 Å². The molecule has 0 atom stereocenters. The van der Waals surface area contributed by atoms with Gasteiger partial charge < -0.3 is 4.90 Å². The van der Waals surface area contributed by atoms with Gasteiger partial charge in [0.25, 0.3) is 0 Å². The van der Waals surface area contributed by atoms with Gasteiger partial charge in [-0.2, -0.15) is 4.58 Å². The first kappa shape index (κ1) is 26.9. The van der Waals surface area contributed by atoms with Crippen LogP contribution in [0.25, 0.3) is 0 Å². The van der Waals surface area contributed by atoms with Gasteiger partial charge in [-0.25, -0.2) is 0 Å². The lowest BCUT2D eigenvalue weighted by molar-refractivity contribution is -0.438. The van der Waals surface area contributed by atoms with Crippen LogP contribution in [0, 0.1) is 0 Å². The van der Waals surface area contributed by atoms with Gasteiger partial charge in [-0.1, -0.05) is 107 Å². The molecule has 0 fully saturated rings. The van der Waals surface area contributed by atoms with Gasteiger partial charge >= 0.3 is 0 Å². The molecule has 0 saturated heterocycles. The third-order valence-electron chi connectivity index (χ3n) is 8.02. The van der Waals surface area contributed by atoms with Gasteiger partial charge in [0, 0.05) is 47.5 Å². The summed E-state index contributed by atoms with van der Waals surface area (Å²) in [6.45, 7) is 16.1. The number of anilines is 1. The molecule has 2 nitrogen and oxygen atoms in total. The summed E-state index contributed by atoms with van der Waals surface area (Å²) in [6, 6.07) is 17.8. The standard InChI is InChI=1S/C35H45N2/c1-7-9-26-36-30-22-18-16-20-28(30)34(3,4)32(36)24-14-12-11-13-15-25-33-35(5,6)29-21-17-19-23-31(29)37(33)27-10-8-2/h11-25H,7-10,26-27H2,1-6H3/q+1. The largest absolute Gasteiger partial charge is 0.344 e. The van der Waals surface area contributed by atoms with Crippen molar-refractivity contribution < 1.29 is 4.58 Å². The summed E-state index contributed by atoms with van der Waals surface area (Å²) in [4.78, 5) is 2.52. The van der Waals surface area contributed by atoms with Crippen molar-refractivity contribution in [2.75, 3.05) is 18.0 Å². The molecular formula is C35H45N2+. The molecule has 194 valence electrons. The summed E-state index contributed by atoms with van der Waals surface area (Å²) in [6.07, 6.45) is 20.3. The maximum atomic E-state index is 2.52. The molecule has 0 aromatic heterocycles. The number of hydrogen-bond acceptors (Lipinski definition) is 1. The molecule has 4 rings (SSSR count). The summed E-state index contributed by atoms with van der Waals surface area (Å²) < 4.78 is 2.52. The van der Waals surface area contributed by atoms with Crippen LogP contribution in [0.4, 0.5) is 11.4 Å². The predicted octanol–water partition coefficient (Wildman–Crippen LogP) is 9.01. The zero-order valence-corrected chi connectivity index (χ0v) is 23.8. The van der Waals surface area contributed by atoms with E-state index in [4.69, 9.17) is 0 Å². The second kappa shape index (κ2) is 11.5. The molecule has 37 heavy (non-hydrogen) atoms. The summed E-state index contributed by atoms with van der Waals surface area (Å²) in [7, 11) is 0. The highest BCUT2D eigenvalue weighted by Crippen LogP contribution is 2.47.